The minimum absolute atomic E-state index is 0.000633. The van der Waals surface area contributed by atoms with E-state index in [1.807, 2.05) is 13.8 Å². The number of amides is 2. The zero-order valence-electron chi connectivity index (χ0n) is 21.7. The quantitative estimate of drug-likeness (QED) is 0.562. The molecule has 1 atom stereocenters. The molecule has 12 heteroatoms. The van der Waals surface area contributed by atoms with Crippen LogP contribution >= 0.6 is 11.6 Å². The third kappa shape index (κ3) is 5.52. The molecule has 2 aliphatic rings. The van der Waals surface area contributed by atoms with Crippen molar-refractivity contribution in [3.8, 4) is 0 Å². The first-order valence-electron chi connectivity index (χ1n) is 12.6. The Labute approximate surface area is 223 Å². The molecule has 1 fully saturated rings. The van der Waals surface area contributed by atoms with Crippen molar-refractivity contribution in [2.45, 2.75) is 71.4 Å². The van der Waals surface area contributed by atoms with E-state index in [9.17, 15) is 27.6 Å². The summed E-state index contributed by atoms with van der Waals surface area (Å²) in [5, 5.41) is 5.39. The van der Waals surface area contributed by atoms with Crippen molar-refractivity contribution in [2.75, 3.05) is 12.4 Å². The predicted molar refractivity (Wildman–Crippen MR) is 137 cm³/mol. The van der Waals surface area contributed by atoms with Crippen LogP contribution in [0.15, 0.2) is 23.0 Å². The largest absolute Gasteiger partial charge is 0.417 e. The lowest BCUT2D eigenvalue weighted by Crippen LogP contribution is -2.47. The molecule has 8 nitrogen and oxygen atoms in total. The second-order valence-electron chi connectivity index (χ2n) is 10.4. The van der Waals surface area contributed by atoms with E-state index in [2.05, 4.69) is 10.6 Å². The molecule has 0 spiro atoms. The number of carbonyl (C=O) groups is 2. The van der Waals surface area contributed by atoms with Gasteiger partial charge in [0, 0.05) is 42.7 Å². The summed E-state index contributed by atoms with van der Waals surface area (Å²) in [4.78, 5) is 44.9. The van der Waals surface area contributed by atoms with Gasteiger partial charge in [-0.25, -0.2) is 4.98 Å². The highest BCUT2D eigenvalue weighted by Crippen LogP contribution is 2.37. The fraction of sp³-hybridized carbons (Fsp3) is 0.538. The number of hydrogen-bond donors (Lipinski definition) is 2. The molecule has 0 saturated heterocycles. The summed E-state index contributed by atoms with van der Waals surface area (Å²) in [6.45, 7) is 5.99. The van der Waals surface area contributed by atoms with E-state index in [1.165, 1.54) is 11.0 Å². The Morgan fingerprint density at radius 1 is 1.24 bits per heavy atom. The van der Waals surface area contributed by atoms with E-state index < -0.39 is 28.7 Å². The molecule has 1 aliphatic heterocycles. The van der Waals surface area contributed by atoms with E-state index in [0.717, 1.165) is 12.1 Å². The topological polar surface area (TPSA) is 96.3 Å². The first-order valence-corrected chi connectivity index (χ1v) is 13.0. The van der Waals surface area contributed by atoms with Gasteiger partial charge in [-0.1, -0.05) is 11.6 Å². The van der Waals surface area contributed by atoms with Crippen LogP contribution in [0, 0.1) is 11.8 Å². The zero-order valence-corrected chi connectivity index (χ0v) is 22.4. The molecule has 1 saturated carbocycles. The first-order chi connectivity index (χ1) is 17.8. The van der Waals surface area contributed by atoms with E-state index in [1.54, 1.807) is 18.5 Å². The highest BCUT2D eigenvalue weighted by atomic mass is 35.5. The number of anilines is 1. The van der Waals surface area contributed by atoms with E-state index in [0.29, 0.717) is 36.6 Å². The highest BCUT2D eigenvalue weighted by Gasteiger charge is 2.38. The molecule has 38 heavy (non-hydrogen) atoms. The Morgan fingerprint density at radius 3 is 2.53 bits per heavy atom. The summed E-state index contributed by atoms with van der Waals surface area (Å²) < 4.78 is 41.7. The molecule has 1 aromatic heterocycles. The second kappa shape index (κ2) is 10.6. The van der Waals surface area contributed by atoms with Crippen molar-refractivity contribution in [1.82, 2.24) is 19.8 Å². The summed E-state index contributed by atoms with van der Waals surface area (Å²) in [6, 6.07) is 2.63. The molecular weight excluding hydrogens is 523 g/mol. The third-order valence-electron chi connectivity index (χ3n) is 7.19. The highest BCUT2D eigenvalue weighted by molar-refractivity contribution is 6.31. The molecule has 4 rings (SSSR count). The maximum Gasteiger partial charge on any atom is 0.417 e. The number of nitrogens with zero attached hydrogens (tertiary/aromatic N) is 3. The van der Waals surface area contributed by atoms with Crippen molar-refractivity contribution in [2.24, 2.45) is 11.8 Å². The monoisotopic (exact) mass is 553 g/mol. The Hall–Kier alpha value is -3.08. The van der Waals surface area contributed by atoms with Gasteiger partial charge in [0.05, 0.1) is 22.8 Å². The Kier molecular flexibility index (Phi) is 7.79. The fourth-order valence-electron chi connectivity index (χ4n) is 5.11. The molecule has 2 aromatic rings. The van der Waals surface area contributed by atoms with Gasteiger partial charge in [-0.05, 0) is 64.2 Å². The average molecular weight is 554 g/mol. The van der Waals surface area contributed by atoms with E-state index in [4.69, 9.17) is 16.6 Å². The van der Waals surface area contributed by atoms with E-state index >= 15 is 0 Å². The SMILES string of the molecule is CNC(=O)[C@H]1C[C@H](Cn2c(NC(C)C)nc3c(c2=O)C[C@@H](C)N(C(=O)c2ccc(Cl)c(C(F)(F)F)c2)C3)C1. The Balaban J connectivity index is 1.63. The normalized spacial score (nSPS) is 21.1. The molecule has 206 valence electrons. The molecule has 0 unspecified atom stereocenters. The van der Waals surface area contributed by atoms with E-state index in [-0.39, 0.29) is 47.9 Å². The summed E-state index contributed by atoms with van der Waals surface area (Å²) in [5.41, 5.74) is -0.505. The van der Waals surface area contributed by atoms with Crippen LogP contribution in [0.25, 0.3) is 0 Å². The van der Waals surface area contributed by atoms with Crippen LogP contribution in [0.2, 0.25) is 5.02 Å². The van der Waals surface area contributed by atoms with Gasteiger partial charge in [0.15, 0.2) is 0 Å². The number of rotatable bonds is 6. The smallest absolute Gasteiger partial charge is 0.359 e. The van der Waals surface area contributed by atoms with Gasteiger partial charge >= 0.3 is 6.18 Å². The molecule has 2 N–H and O–H groups in total. The lowest BCUT2D eigenvalue weighted by Gasteiger charge is -2.37. The van der Waals surface area contributed by atoms with Crippen LogP contribution in [0.5, 0.6) is 0 Å². The molecular formula is C26H31ClF3N5O3. The van der Waals surface area contributed by atoms with Crippen LogP contribution in [0.4, 0.5) is 19.1 Å². The van der Waals surface area contributed by atoms with Gasteiger partial charge in [-0.3, -0.25) is 19.0 Å². The number of fused-ring (bicyclic) bond motifs is 1. The Bertz CT molecular complexity index is 1300. The van der Waals surface area contributed by atoms with Crippen LogP contribution in [0.3, 0.4) is 0 Å². The van der Waals surface area contributed by atoms with Gasteiger partial charge in [0.1, 0.15) is 0 Å². The van der Waals surface area contributed by atoms with Gasteiger partial charge in [0.2, 0.25) is 11.9 Å². The standard InChI is InChI=1S/C26H31ClF3N5O3/c1-13(2)32-25-33-21-12-34(23(37)16-5-6-20(27)19(10-16)26(28,29)30)14(3)7-18(21)24(38)35(25)11-15-8-17(9-15)22(36)31-4/h5-6,10,13-15,17H,7-9,11-12H2,1-4H3,(H,31,36)(H,32,33)/t14-,15-,17-/m1/s1. The summed E-state index contributed by atoms with van der Waals surface area (Å²) in [5.74, 6) is -0.115. The lowest BCUT2D eigenvalue weighted by molar-refractivity contribution is -0.137. The van der Waals surface area contributed by atoms with Crippen molar-refractivity contribution in [1.29, 1.82) is 0 Å². The van der Waals surface area contributed by atoms with Crippen molar-refractivity contribution < 1.29 is 22.8 Å². The number of halogens is 4. The molecule has 2 heterocycles. The second-order valence-corrected chi connectivity index (χ2v) is 10.8. The third-order valence-corrected chi connectivity index (χ3v) is 7.52. The van der Waals surface area contributed by atoms with Crippen LogP contribution < -0.4 is 16.2 Å². The van der Waals surface area contributed by atoms with Crippen molar-refractivity contribution in [3.63, 3.8) is 0 Å². The van der Waals surface area contributed by atoms with Gasteiger partial charge in [0.25, 0.3) is 11.5 Å². The summed E-state index contributed by atoms with van der Waals surface area (Å²) in [6.07, 6.45) is -3.10. The first kappa shape index (κ1) is 27.9. The minimum Gasteiger partial charge on any atom is -0.359 e. The maximum atomic E-state index is 13.6. The Morgan fingerprint density at radius 2 is 1.92 bits per heavy atom. The van der Waals surface area contributed by atoms with Crippen molar-refractivity contribution in [3.05, 3.63) is 56.0 Å². The molecule has 0 bridgehead atoms. The number of carbonyl (C=O) groups excluding carboxylic acids is 2. The number of alkyl halides is 3. The van der Waals surface area contributed by atoms with Crippen LogP contribution in [-0.2, 0) is 30.5 Å². The van der Waals surface area contributed by atoms with Gasteiger partial charge in [-0.15, -0.1) is 0 Å². The number of benzene rings is 1. The van der Waals surface area contributed by atoms with Gasteiger partial charge < -0.3 is 15.5 Å². The molecule has 1 aliphatic carbocycles. The molecule has 0 radical (unpaired) electrons. The molecule has 2 amide bonds. The zero-order chi connectivity index (χ0) is 27.9. The van der Waals surface area contributed by atoms with Crippen LogP contribution in [-0.4, -0.2) is 45.4 Å². The summed E-state index contributed by atoms with van der Waals surface area (Å²) >= 11 is 5.72. The van der Waals surface area contributed by atoms with Gasteiger partial charge in [-0.2, -0.15) is 13.2 Å². The average Bonchev–Trinajstić information content (AvgIpc) is 2.81. The number of aromatic nitrogens is 2. The van der Waals surface area contributed by atoms with Crippen molar-refractivity contribution >= 4 is 29.4 Å². The minimum atomic E-state index is -4.70. The lowest BCUT2D eigenvalue weighted by atomic mass is 9.74. The maximum absolute atomic E-state index is 13.6. The number of nitrogens with one attached hydrogen (secondary N) is 2. The number of hydrogen-bond acceptors (Lipinski definition) is 5. The summed E-state index contributed by atoms with van der Waals surface area (Å²) in [7, 11) is 1.61. The molecule has 1 aromatic carbocycles. The predicted octanol–water partition coefficient (Wildman–Crippen LogP) is 4.10. The fourth-order valence-corrected chi connectivity index (χ4v) is 5.33. The van der Waals surface area contributed by atoms with Crippen LogP contribution in [0.1, 0.15) is 60.8 Å².